The molecule has 0 aliphatic carbocycles. The Morgan fingerprint density at radius 3 is 0.760 bits per heavy atom. The average molecular weight is 1540 g/mol. The molecule has 0 saturated heterocycles. The first kappa shape index (κ1) is 109. The van der Waals surface area contributed by atoms with E-state index in [4.69, 9.17) is 27.6 Å². The minimum Gasteiger partial charge on any atom is -1.00 e. The van der Waals surface area contributed by atoms with Crippen molar-refractivity contribution < 1.29 is 123 Å². The Kier molecular flexibility index (Phi) is 87.9. The number of urea groups is 1. The maximum atomic E-state index is 13.3. The molecular formula is C83H170N4Na2O13P2. The monoisotopic (exact) mass is 1540 g/mol. The summed E-state index contributed by atoms with van der Waals surface area (Å²) in [5, 5.41) is 11.1. The average Bonchev–Trinajstić information content (AvgIpc) is 0.917. The zero-order chi connectivity index (χ0) is 74.6. The Morgan fingerprint density at radius 2 is 0.519 bits per heavy atom. The van der Waals surface area contributed by atoms with E-state index < -0.39 is 33.8 Å². The normalized spacial score (nSPS) is 13.8. The molecule has 0 radical (unpaired) electrons. The predicted molar refractivity (Wildman–Crippen MR) is 431 cm³/mol. The smallest absolute Gasteiger partial charge is 1.00 e. The molecule has 0 aliphatic heterocycles. The van der Waals surface area contributed by atoms with Gasteiger partial charge < -0.3 is 43.4 Å². The molecule has 0 bridgehead atoms. The summed E-state index contributed by atoms with van der Waals surface area (Å²) in [5.74, 6) is 0.836. The van der Waals surface area contributed by atoms with Crippen LogP contribution < -0.4 is 80.4 Å². The number of hydrogen-bond acceptors (Lipinski definition) is 11. The van der Waals surface area contributed by atoms with Gasteiger partial charge in [-0.15, -0.1) is 0 Å². The molecule has 17 nitrogen and oxygen atoms in total. The van der Waals surface area contributed by atoms with E-state index in [1.165, 1.54) is 321 Å². The summed E-state index contributed by atoms with van der Waals surface area (Å²) in [5.41, 5.74) is 0. The molecule has 0 aliphatic rings. The molecule has 0 aromatic heterocycles. The number of rotatable bonds is 84. The Balaban J connectivity index is -0.00000850. The fourth-order valence-corrected chi connectivity index (χ4v) is 15.2. The number of carbonyl (C=O) groups is 3. The summed E-state index contributed by atoms with van der Waals surface area (Å²) in [4.78, 5) is 60.8. The van der Waals surface area contributed by atoms with Crippen molar-refractivity contribution in [3.63, 3.8) is 0 Å². The summed E-state index contributed by atoms with van der Waals surface area (Å²) in [6.45, 7) is 13.2. The van der Waals surface area contributed by atoms with Crippen LogP contribution in [-0.2, 0) is 46.3 Å². The quantitative estimate of drug-likeness (QED) is 0.0189. The van der Waals surface area contributed by atoms with Gasteiger partial charge in [0.2, 0.25) is 11.8 Å². The topological polar surface area (TPSA) is 229 Å². The molecule has 6 atom stereocenters. The van der Waals surface area contributed by atoms with E-state index >= 15 is 0 Å². The van der Waals surface area contributed by atoms with E-state index in [9.17, 15) is 33.3 Å². The third-order valence-electron chi connectivity index (χ3n) is 20.2. The van der Waals surface area contributed by atoms with Crippen molar-refractivity contribution in [3.05, 3.63) is 0 Å². The standard InChI is InChI=1S/C83H168N4O13P2.2Na.2H/c1-7-13-19-25-29-33-37-41-45-51-57-63-81(88)86-79(73-95-69-65-77(59-53-47-23-17-11-5)61-55-49-43-39-35-31-27-21-15-9-3)75-99-101(91,92)97-71-67-84-83(90)85-68-72-98-102(93,94)100-76-80(87-82(89)64-58-52-46-42-38-34-30-26-20-14-8-2)74-96-70-66-78(60-54-48-24-18-12-6)62-56-50-44-40-36-32-28-22-16-10-4;;;;/h77-80H,7-76H2,1-6H3,(H,86,88)(H,87,89)(H,91,92)(H,93,94)(H2,84,85,90);;;;/q;2*+1;2*-1/t77?,78?,79-,80-;;;;/m1..../s1. The first-order valence-corrected chi connectivity index (χ1v) is 46.7. The second-order valence-electron chi connectivity index (χ2n) is 30.3. The van der Waals surface area contributed by atoms with Crippen molar-refractivity contribution in [2.24, 2.45) is 11.8 Å². The van der Waals surface area contributed by atoms with Crippen molar-refractivity contribution in [3.8, 4) is 0 Å². The molecule has 104 heavy (non-hydrogen) atoms. The summed E-state index contributed by atoms with van der Waals surface area (Å²) >= 11 is 0. The van der Waals surface area contributed by atoms with E-state index in [2.05, 4.69) is 62.8 Å². The molecule has 0 spiro atoms. The van der Waals surface area contributed by atoms with E-state index in [1.807, 2.05) is 0 Å². The number of hydrogen-bond donors (Lipinski definition) is 6. The third kappa shape index (κ3) is 80.4. The molecule has 0 saturated carbocycles. The number of amides is 4. The second kappa shape index (κ2) is 84.3. The number of nitrogens with one attached hydrogen (secondary N) is 4. The van der Waals surface area contributed by atoms with Crippen molar-refractivity contribution >= 4 is 33.5 Å². The van der Waals surface area contributed by atoms with Crippen LogP contribution >= 0.6 is 15.6 Å². The number of phosphoric acid groups is 2. The van der Waals surface area contributed by atoms with Gasteiger partial charge in [0.25, 0.3) is 0 Å². The van der Waals surface area contributed by atoms with E-state index in [0.717, 1.165) is 51.4 Å². The Bertz CT molecular complexity index is 1800. The number of phosphoric ester groups is 2. The maximum Gasteiger partial charge on any atom is 1.00 e. The van der Waals surface area contributed by atoms with Crippen LogP contribution in [0, 0.1) is 11.8 Å². The van der Waals surface area contributed by atoms with Gasteiger partial charge in [0.15, 0.2) is 0 Å². The number of carbonyl (C=O) groups excluding carboxylic acids is 3. The largest absolute Gasteiger partial charge is 1.00 e. The van der Waals surface area contributed by atoms with E-state index in [0.29, 0.717) is 37.9 Å². The van der Waals surface area contributed by atoms with Gasteiger partial charge in [-0.25, -0.2) is 13.9 Å². The van der Waals surface area contributed by atoms with Crippen LogP contribution in [0.15, 0.2) is 0 Å². The molecule has 0 aromatic rings. The van der Waals surface area contributed by atoms with Crippen molar-refractivity contribution in [2.75, 3.05) is 65.9 Å². The van der Waals surface area contributed by atoms with Gasteiger partial charge in [0.1, 0.15) is 0 Å². The van der Waals surface area contributed by atoms with Crippen molar-refractivity contribution in [2.45, 2.75) is 439 Å². The van der Waals surface area contributed by atoms with Gasteiger partial charge in [-0.2, -0.15) is 0 Å². The van der Waals surface area contributed by atoms with Gasteiger partial charge in [-0.05, 0) is 37.5 Å². The van der Waals surface area contributed by atoms with Crippen LogP contribution in [0.5, 0.6) is 0 Å². The molecule has 0 aromatic carbocycles. The predicted octanol–water partition coefficient (Wildman–Crippen LogP) is 18.5. The summed E-state index contributed by atoms with van der Waals surface area (Å²) in [7, 11) is -9.24. The van der Waals surface area contributed by atoms with Gasteiger partial charge >= 0.3 is 80.8 Å². The van der Waals surface area contributed by atoms with Crippen LogP contribution in [0.1, 0.15) is 430 Å². The molecular weight excluding hydrogens is 1370 g/mol. The Hall–Kier alpha value is 0.350. The van der Waals surface area contributed by atoms with Crippen LogP contribution in [-0.4, -0.2) is 106 Å². The Labute approximate surface area is 689 Å². The molecule has 0 heterocycles. The van der Waals surface area contributed by atoms with Gasteiger partial charge in [0, 0.05) is 39.1 Å². The number of ether oxygens (including phenoxy) is 2. The second-order valence-corrected chi connectivity index (χ2v) is 33.2. The third-order valence-corrected chi connectivity index (χ3v) is 22.2. The SMILES string of the molecule is CCCCCCCCCCCCCC(=O)N[C@H](COCCC(CCCCCCC)CCCCCCCCCCCC)COP(=O)(O)OCCNC(=O)NCCOP(=O)(O)OC[C@@H](COCCC(CCCCCCC)CCCCCCCCCCCC)NC(=O)CCCCCCCCCCCCC.[H-].[H-].[Na+].[Na+]. The van der Waals surface area contributed by atoms with E-state index in [-0.39, 0.29) is 127 Å². The number of unbranched alkanes of at least 4 members (excludes halogenated alkanes) is 46. The minimum absolute atomic E-state index is 0. The zero-order valence-electron chi connectivity index (χ0n) is 71.6. The van der Waals surface area contributed by atoms with E-state index in [1.54, 1.807) is 0 Å². The minimum atomic E-state index is -4.62. The summed E-state index contributed by atoms with van der Waals surface area (Å²) in [6.07, 6.45) is 72.1. The maximum absolute atomic E-state index is 13.3. The first-order chi connectivity index (χ1) is 49.7. The molecule has 4 amide bonds. The van der Waals surface area contributed by atoms with Crippen LogP contribution in [0.25, 0.3) is 0 Å². The fraction of sp³-hybridized carbons (Fsp3) is 0.964. The van der Waals surface area contributed by atoms with Gasteiger partial charge in [-0.3, -0.25) is 27.7 Å². The summed E-state index contributed by atoms with van der Waals surface area (Å²) in [6, 6.07) is -2.01. The van der Waals surface area contributed by atoms with Crippen LogP contribution in [0.2, 0.25) is 0 Å². The molecule has 612 valence electrons. The zero-order valence-corrected chi connectivity index (χ0v) is 75.4. The molecule has 4 unspecified atom stereocenters. The molecule has 0 fully saturated rings. The van der Waals surface area contributed by atoms with Crippen LogP contribution in [0.3, 0.4) is 0 Å². The molecule has 0 rings (SSSR count). The molecule has 6 N–H and O–H groups in total. The van der Waals surface area contributed by atoms with Crippen LogP contribution in [0.4, 0.5) is 4.79 Å². The summed E-state index contributed by atoms with van der Waals surface area (Å²) < 4.78 is 60.2. The van der Waals surface area contributed by atoms with Crippen molar-refractivity contribution in [1.82, 2.24) is 21.3 Å². The van der Waals surface area contributed by atoms with Gasteiger partial charge in [0.05, 0.1) is 51.7 Å². The van der Waals surface area contributed by atoms with Gasteiger partial charge in [-0.1, -0.05) is 388 Å². The van der Waals surface area contributed by atoms with Crippen molar-refractivity contribution in [1.29, 1.82) is 0 Å². The fourth-order valence-electron chi connectivity index (χ4n) is 13.6. The first-order valence-electron chi connectivity index (χ1n) is 43.7. The Morgan fingerprint density at radius 1 is 0.298 bits per heavy atom. The molecule has 21 heteroatoms.